The number of rotatable bonds is 8. The Kier molecular flexibility index (Phi) is 6.22. The zero-order valence-electron chi connectivity index (χ0n) is 18.2. The van der Waals surface area contributed by atoms with E-state index in [2.05, 4.69) is 30.0 Å². The summed E-state index contributed by atoms with van der Waals surface area (Å²) >= 11 is 0. The number of aromatic nitrogens is 4. The smallest absolute Gasteiger partial charge is 0.238 e. The van der Waals surface area contributed by atoms with Crippen LogP contribution in [0.15, 0.2) is 55.1 Å². The van der Waals surface area contributed by atoms with Crippen molar-refractivity contribution in [2.75, 3.05) is 30.0 Å². The monoisotopic (exact) mass is 466 g/mol. The van der Waals surface area contributed by atoms with Crippen molar-refractivity contribution >= 4 is 38.1 Å². The van der Waals surface area contributed by atoms with E-state index in [4.69, 9.17) is 9.47 Å². The second-order valence-corrected chi connectivity index (χ2v) is 8.97. The number of benzene rings is 1. The van der Waals surface area contributed by atoms with Gasteiger partial charge in [-0.05, 0) is 36.8 Å². The molecule has 1 aromatic carbocycles. The van der Waals surface area contributed by atoms with Crippen LogP contribution in [-0.4, -0.2) is 48.3 Å². The minimum Gasteiger partial charge on any atom is -0.481 e. The number of anilines is 3. The standard InChI is InChI=1S/C22H22N6O4S/c1-4-33(29,30)28-19-10-15(11-24-22(19)32-3)14-5-7-18-17(9-14)21(26-13-25-18)27-16-6-8-20(31-2)23-12-16/h5-13,28H,4H2,1-3H3,(H,25,26,27). The van der Waals surface area contributed by atoms with Crippen LogP contribution in [0.5, 0.6) is 11.8 Å². The fourth-order valence-electron chi connectivity index (χ4n) is 3.13. The molecule has 0 bridgehead atoms. The lowest BCUT2D eigenvalue weighted by molar-refractivity contribution is 0.398. The summed E-state index contributed by atoms with van der Waals surface area (Å²) in [4.78, 5) is 17.2. The molecule has 3 heterocycles. The van der Waals surface area contributed by atoms with Crippen molar-refractivity contribution in [1.29, 1.82) is 0 Å². The maximum atomic E-state index is 12.1. The Morgan fingerprint density at radius 3 is 2.45 bits per heavy atom. The van der Waals surface area contributed by atoms with E-state index in [1.165, 1.54) is 13.4 Å². The van der Waals surface area contributed by atoms with Gasteiger partial charge in [0, 0.05) is 23.2 Å². The summed E-state index contributed by atoms with van der Waals surface area (Å²) in [6.45, 7) is 1.56. The average Bonchev–Trinajstić information content (AvgIpc) is 2.84. The van der Waals surface area contributed by atoms with Gasteiger partial charge in [0.1, 0.15) is 17.8 Å². The Hall–Kier alpha value is -3.99. The summed E-state index contributed by atoms with van der Waals surface area (Å²) in [5, 5.41) is 4.02. The zero-order valence-corrected chi connectivity index (χ0v) is 19.0. The number of hydrogen-bond acceptors (Lipinski definition) is 9. The van der Waals surface area contributed by atoms with Gasteiger partial charge in [0.25, 0.3) is 0 Å². The summed E-state index contributed by atoms with van der Waals surface area (Å²) in [6, 6.07) is 10.9. The number of nitrogens with zero attached hydrogens (tertiary/aromatic N) is 4. The van der Waals surface area contributed by atoms with Crippen molar-refractivity contribution in [3.05, 3.63) is 55.1 Å². The molecular weight excluding hydrogens is 444 g/mol. The van der Waals surface area contributed by atoms with Crippen molar-refractivity contribution in [3.8, 4) is 22.9 Å². The SMILES string of the molecule is CCS(=O)(=O)Nc1cc(-c2ccc3ncnc(Nc4ccc(OC)nc4)c3c2)cnc1OC. The van der Waals surface area contributed by atoms with Gasteiger partial charge in [-0.1, -0.05) is 6.07 Å². The van der Waals surface area contributed by atoms with Gasteiger partial charge in [0.15, 0.2) is 0 Å². The molecule has 0 aliphatic heterocycles. The van der Waals surface area contributed by atoms with Gasteiger partial charge in [-0.25, -0.2) is 28.4 Å². The summed E-state index contributed by atoms with van der Waals surface area (Å²) in [7, 11) is -0.507. The molecule has 0 unspecified atom stereocenters. The third-order valence-electron chi connectivity index (χ3n) is 4.87. The van der Waals surface area contributed by atoms with Gasteiger partial charge in [-0.3, -0.25) is 4.72 Å². The molecule has 0 aliphatic carbocycles. The molecule has 11 heteroatoms. The minimum atomic E-state index is -3.50. The Balaban J connectivity index is 1.73. The highest BCUT2D eigenvalue weighted by molar-refractivity contribution is 7.92. The molecule has 170 valence electrons. The quantitative estimate of drug-likeness (QED) is 0.400. The van der Waals surface area contributed by atoms with Crippen molar-refractivity contribution < 1.29 is 17.9 Å². The molecule has 0 spiro atoms. The van der Waals surface area contributed by atoms with Crippen LogP contribution in [0, 0.1) is 0 Å². The molecule has 0 fully saturated rings. The highest BCUT2D eigenvalue weighted by atomic mass is 32.2. The van der Waals surface area contributed by atoms with Crippen LogP contribution in [0.2, 0.25) is 0 Å². The molecule has 2 N–H and O–H groups in total. The van der Waals surface area contributed by atoms with Crippen LogP contribution in [0.4, 0.5) is 17.2 Å². The molecule has 4 aromatic rings. The minimum absolute atomic E-state index is 0.0665. The summed E-state index contributed by atoms with van der Waals surface area (Å²) in [5.74, 6) is 1.23. The number of nitrogens with one attached hydrogen (secondary N) is 2. The molecular formula is C22H22N6O4S. The van der Waals surface area contributed by atoms with Crippen LogP contribution in [-0.2, 0) is 10.0 Å². The molecule has 33 heavy (non-hydrogen) atoms. The number of hydrogen-bond donors (Lipinski definition) is 2. The molecule has 0 saturated heterocycles. The predicted octanol–water partition coefficient (Wildman–Crippen LogP) is 3.61. The van der Waals surface area contributed by atoms with E-state index in [9.17, 15) is 8.42 Å². The lowest BCUT2D eigenvalue weighted by atomic mass is 10.0. The Morgan fingerprint density at radius 2 is 1.76 bits per heavy atom. The topological polar surface area (TPSA) is 128 Å². The largest absolute Gasteiger partial charge is 0.481 e. The first-order valence-electron chi connectivity index (χ1n) is 9.99. The predicted molar refractivity (Wildman–Crippen MR) is 126 cm³/mol. The van der Waals surface area contributed by atoms with E-state index in [1.54, 1.807) is 38.6 Å². The van der Waals surface area contributed by atoms with Crippen LogP contribution in [0.25, 0.3) is 22.0 Å². The molecule has 0 atom stereocenters. The third kappa shape index (κ3) is 4.93. The number of methoxy groups -OCH3 is 2. The molecule has 0 radical (unpaired) electrons. The molecule has 4 rings (SSSR count). The van der Waals surface area contributed by atoms with E-state index < -0.39 is 10.0 Å². The number of fused-ring (bicyclic) bond motifs is 1. The molecule has 0 amide bonds. The summed E-state index contributed by atoms with van der Waals surface area (Å²) in [6.07, 6.45) is 4.75. The van der Waals surface area contributed by atoms with Crippen molar-refractivity contribution in [2.24, 2.45) is 0 Å². The molecule has 0 aliphatic rings. The van der Waals surface area contributed by atoms with Gasteiger partial charge in [0.2, 0.25) is 21.8 Å². The highest BCUT2D eigenvalue weighted by Gasteiger charge is 2.15. The third-order valence-corrected chi connectivity index (χ3v) is 6.16. The lowest BCUT2D eigenvalue weighted by Crippen LogP contribution is -2.15. The fourth-order valence-corrected chi connectivity index (χ4v) is 3.76. The van der Waals surface area contributed by atoms with Crippen LogP contribution < -0.4 is 19.5 Å². The van der Waals surface area contributed by atoms with Gasteiger partial charge < -0.3 is 14.8 Å². The van der Waals surface area contributed by atoms with Gasteiger partial charge in [0.05, 0.1) is 37.4 Å². The van der Waals surface area contributed by atoms with E-state index in [0.717, 1.165) is 22.2 Å². The van der Waals surface area contributed by atoms with E-state index in [-0.39, 0.29) is 17.3 Å². The van der Waals surface area contributed by atoms with Crippen molar-refractivity contribution in [2.45, 2.75) is 6.92 Å². The Bertz CT molecular complexity index is 1390. The summed E-state index contributed by atoms with van der Waals surface area (Å²) in [5.41, 5.74) is 3.26. The maximum Gasteiger partial charge on any atom is 0.238 e. The summed E-state index contributed by atoms with van der Waals surface area (Å²) < 4.78 is 37.0. The molecule has 0 saturated carbocycles. The highest BCUT2D eigenvalue weighted by Crippen LogP contribution is 2.32. The number of ether oxygens (including phenoxy) is 2. The first-order chi connectivity index (χ1) is 15.9. The van der Waals surface area contributed by atoms with Crippen molar-refractivity contribution in [1.82, 2.24) is 19.9 Å². The van der Waals surface area contributed by atoms with Crippen LogP contribution >= 0.6 is 0 Å². The molecule has 10 nitrogen and oxygen atoms in total. The first-order valence-corrected chi connectivity index (χ1v) is 11.6. The normalized spacial score (nSPS) is 11.2. The second kappa shape index (κ2) is 9.25. The molecule has 3 aromatic heterocycles. The average molecular weight is 467 g/mol. The number of sulfonamides is 1. The fraction of sp³-hybridized carbons (Fsp3) is 0.182. The zero-order chi connectivity index (χ0) is 23.4. The van der Waals surface area contributed by atoms with E-state index in [0.29, 0.717) is 17.3 Å². The van der Waals surface area contributed by atoms with Crippen molar-refractivity contribution in [3.63, 3.8) is 0 Å². The Labute approximate surface area is 191 Å². The van der Waals surface area contributed by atoms with Gasteiger partial charge in [-0.15, -0.1) is 0 Å². The second-order valence-electron chi connectivity index (χ2n) is 6.95. The lowest BCUT2D eigenvalue weighted by Gasteiger charge is -2.13. The van der Waals surface area contributed by atoms with E-state index >= 15 is 0 Å². The van der Waals surface area contributed by atoms with Gasteiger partial charge in [-0.2, -0.15) is 0 Å². The maximum absolute atomic E-state index is 12.1. The number of pyridine rings is 2. The van der Waals surface area contributed by atoms with E-state index in [1.807, 2.05) is 24.3 Å². The van der Waals surface area contributed by atoms with Gasteiger partial charge >= 0.3 is 0 Å². The first kappa shape index (κ1) is 22.2. The van der Waals surface area contributed by atoms with Crippen LogP contribution in [0.1, 0.15) is 6.92 Å². The van der Waals surface area contributed by atoms with Crippen LogP contribution in [0.3, 0.4) is 0 Å². The Morgan fingerprint density at radius 1 is 0.909 bits per heavy atom.